The fourth-order valence-corrected chi connectivity index (χ4v) is 4.86. The third-order valence-corrected chi connectivity index (χ3v) is 7.10. The number of anilines is 1. The van der Waals surface area contributed by atoms with E-state index in [-0.39, 0.29) is 10.7 Å². The largest absolute Gasteiger partial charge is 0.316 e. The Balaban J connectivity index is 1.78. The Labute approximate surface area is 207 Å². The van der Waals surface area contributed by atoms with Crippen molar-refractivity contribution in [3.05, 3.63) is 80.6 Å². The average molecular weight is 528 g/mol. The van der Waals surface area contributed by atoms with E-state index in [4.69, 9.17) is 34.8 Å². The lowest BCUT2D eigenvalue weighted by Crippen LogP contribution is -2.39. The molecule has 7 nitrogen and oxygen atoms in total. The summed E-state index contributed by atoms with van der Waals surface area (Å²) in [5, 5.41) is 5.08. The Kier molecular flexibility index (Phi) is 7.74. The highest BCUT2D eigenvalue weighted by molar-refractivity contribution is 7.92. The van der Waals surface area contributed by atoms with Crippen LogP contribution in [0.3, 0.4) is 0 Å². The first-order chi connectivity index (χ1) is 15.5. The molecule has 0 fully saturated rings. The van der Waals surface area contributed by atoms with E-state index in [1.54, 1.807) is 24.3 Å². The van der Waals surface area contributed by atoms with Crippen molar-refractivity contribution in [2.24, 2.45) is 5.10 Å². The van der Waals surface area contributed by atoms with E-state index in [1.807, 2.05) is 36.6 Å². The lowest BCUT2D eigenvalue weighted by molar-refractivity contribution is -0.119. The van der Waals surface area contributed by atoms with Crippen LogP contribution in [0.2, 0.25) is 15.1 Å². The molecule has 0 aliphatic carbocycles. The lowest BCUT2D eigenvalue weighted by atomic mass is 10.2. The van der Waals surface area contributed by atoms with Crippen molar-refractivity contribution in [3.8, 4) is 5.69 Å². The normalized spacial score (nSPS) is 11.7. The number of aryl methyl sites for hydroxylation is 1. The molecule has 1 heterocycles. The maximum Gasteiger partial charge on any atom is 0.260 e. The van der Waals surface area contributed by atoms with Crippen LogP contribution in [0.15, 0.2) is 53.6 Å². The zero-order chi connectivity index (χ0) is 24.3. The minimum absolute atomic E-state index is 0.211. The van der Waals surface area contributed by atoms with Crippen LogP contribution in [0, 0.1) is 13.8 Å². The maximum atomic E-state index is 12.4. The number of halogens is 3. The standard InChI is InChI=1S/C22H21Cl3N4O3S/c1-14-11-16(15(2)29(14)20-10-6-8-18(24)22(20)25)12-26-27-21(30)13-28(33(3,31)32)19-9-5-4-7-17(19)23/h4-12H,13H2,1-3H3,(H,27,30)/b26-12+. The van der Waals surface area contributed by atoms with Gasteiger partial charge in [0.15, 0.2) is 0 Å². The monoisotopic (exact) mass is 526 g/mol. The van der Waals surface area contributed by atoms with E-state index in [1.165, 1.54) is 12.3 Å². The molecule has 1 N–H and O–H groups in total. The molecule has 1 amide bonds. The molecule has 0 spiro atoms. The van der Waals surface area contributed by atoms with Gasteiger partial charge in [0.2, 0.25) is 10.0 Å². The van der Waals surface area contributed by atoms with Gasteiger partial charge >= 0.3 is 0 Å². The van der Waals surface area contributed by atoms with Crippen molar-refractivity contribution in [2.45, 2.75) is 13.8 Å². The molecular formula is C22H21Cl3N4O3S. The quantitative estimate of drug-likeness (QED) is 0.348. The van der Waals surface area contributed by atoms with Gasteiger partial charge in [-0.1, -0.05) is 53.0 Å². The topological polar surface area (TPSA) is 83.8 Å². The van der Waals surface area contributed by atoms with Gasteiger partial charge in [-0.2, -0.15) is 5.10 Å². The summed E-state index contributed by atoms with van der Waals surface area (Å²) in [5.41, 5.74) is 5.78. The smallest absolute Gasteiger partial charge is 0.260 e. The maximum absolute atomic E-state index is 12.4. The second-order valence-corrected chi connectivity index (χ2v) is 10.3. The molecule has 174 valence electrons. The summed E-state index contributed by atoms with van der Waals surface area (Å²) in [6.45, 7) is 3.32. The zero-order valence-corrected chi connectivity index (χ0v) is 21.1. The summed E-state index contributed by atoms with van der Waals surface area (Å²) in [6, 6.07) is 13.6. The van der Waals surface area contributed by atoms with Crippen molar-refractivity contribution in [2.75, 3.05) is 17.1 Å². The number of hydrogen-bond acceptors (Lipinski definition) is 4. The highest BCUT2D eigenvalue weighted by atomic mass is 35.5. The summed E-state index contributed by atoms with van der Waals surface area (Å²) < 4.78 is 27.3. The van der Waals surface area contributed by atoms with Crippen LogP contribution < -0.4 is 9.73 Å². The molecule has 2 aromatic carbocycles. The van der Waals surface area contributed by atoms with Crippen LogP contribution >= 0.6 is 34.8 Å². The summed E-state index contributed by atoms with van der Waals surface area (Å²) in [7, 11) is -3.75. The SMILES string of the molecule is Cc1cc(/C=N/NC(=O)CN(c2ccccc2Cl)S(C)(=O)=O)c(C)n1-c1cccc(Cl)c1Cl. The molecule has 3 aromatic rings. The molecule has 0 unspecified atom stereocenters. The van der Waals surface area contributed by atoms with Gasteiger partial charge in [0.1, 0.15) is 6.54 Å². The Hall–Kier alpha value is -2.52. The van der Waals surface area contributed by atoms with Crippen molar-refractivity contribution < 1.29 is 13.2 Å². The third kappa shape index (κ3) is 5.70. The summed E-state index contributed by atoms with van der Waals surface area (Å²) >= 11 is 18.6. The first-order valence-corrected chi connectivity index (χ1v) is 12.7. The molecule has 33 heavy (non-hydrogen) atoms. The molecule has 0 aliphatic rings. The summed E-state index contributed by atoms with van der Waals surface area (Å²) in [6.07, 6.45) is 2.48. The van der Waals surface area contributed by atoms with Crippen LogP contribution in [0.5, 0.6) is 0 Å². The van der Waals surface area contributed by atoms with Gasteiger partial charge in [-0.3, -0.25) is 9.10 Å². The minimum atomic E-state index is -3.75. The number of amides is 1. The van der Waals surface area contributed by atoms with Gasteiger partial charge < -0.3 is 4.57 Å². The summed E-state index contributed by atoms with van der Waals surface area (Å²) in [5.74, 6) is -0.622. The number of hydrazone groups is 1. The number of nitrogens with zero attached hydrogens (tertiary/aromatic N) is 3. The number of nitrogens with one attached hydrogen (secondary N) is 1. The van der Waals surface area contributed by atoms with Crippen molar-refractivity contribution >= 4 is 62.6 Å². The first-order valence-electron chi connectivity index (χ1n) is 9.68. The van der Waals surface area contributed by atoms with Crippen LogP contribution in [0.4, 0.5) is 5.69 Å². The third-order valence-electron chi connectivity index (χ3n) is 4.84. The number of sulfonamides is 1. The first kappa shape index (κ1) is 25.1. The number of benzene rings is 2. The Morgan fingerprint density at radius 3 is 2.42 bits per heavy atom. The number of para-hydroxylation sites is 1. The predicted octanol–water partition coefficient (Wildman–Crippen LogP) is 4.97. The van der Waals surface area contributed by atoms with Gasteiger partial charge in [0.25, 0.3) is 5.91 Å². The summed E-state index contributed by atoms with van der Waals surface area (Å²) in [4.78, 5) is 12.4. The Morgan fingerprint density at radius 1 is 1.09 bits per heavy atom. The number of rotatable bonds is 7. The molecular weight excluding hydrogens is 507 g/mol. The van der Waals surface area contributed by atoms with Gasteiger partial charge in [-0.05, 0) is 44.2 Å². The van der Waals surface area contributed by atoms with E-state index >= 15 is 0 Å². The minimum Gasteiger partial charge on any atom is -0.316 e. The van der Waals surface area contributed by atoms with Crippen LogP contribution in [-0.2, 0) is 14.8 Å². The van der Waals surface area contributed by atoms with E-state index in [2.05, 4.69) is 10.5 Å². The fourth-order valence-electron chi connectivity index (χ4n) is 3.33. The second kappa shape index (κ2) is 10.2. The average Bonchev–Trinajstić information content (AvgIpc) is 3.01. The molecule has 11 heteroatoms. The van der Waals surface area contributed by atoms with Crippen molar-refractivity contribution in [1.82, 2.24) is 9.99 Å². The molecule has 0 atom stereocenters. The number of carbonyl (C=O) groups is 1. The number of carbonyl (C=O) groups excluding carboxylic acids is 1. The molecule has 3 rings (SSSR count). The van der Waals surface area contributed by atoms with E-state index < -0.39 is 22.5 Å². The lowest BCUT2D eigenvalue weighted by Gasteiger charge is -2.22. The highest BCUT2D eigenvalue weighted by Crippen LogP contribution is 2.31. The van der Waals surface area contributed by atoms with E-state index in [9.17, 15) is 13.2 Å². The molecule has 1 aromatic heterocycles. The highest BCUT2D eigenvalue weighted by Gasteiger charge is 2.22. The van der Waals surface area contributed by atoms with Crippen LogP contribution in [-0.4, -0.2) is 37.9 Å². The van der Waals surface area contributed by atoms with Gasteiger partial charge in [-0.25, -0.2) is 13.8 Å². The van der Waals surface area contributed by atoms with Gasteiger partial charge in [-0.15, -0.1) is 0 Å². The molecule has 0 bridgehead atoms. The predicted molar refractivity (Wildman–Crippen MR) is 135 cm³/mol. The molecule has 0 saturated heterocycles. The molecule has 0 radical (unpaired) electrons. The van der Waals surface area contributed by atoms with Crippen molar-refractivity contribution in [3.63, 3.8) is 0 Å². The Morgan fingerprint density at radius 2 is 1.76 bits per heavy atom. The second-order valence-electron chi connectivity index (χ2n) is 7.25. The van der Waals surface area contributed by atoms with E-state index in [0.717, 1.165) is 33.2 Å². The van der Waals surface area contributed by atoms with E-state index in [0.29, 0.717) is 10.0 Å². The Bertz CT molecular complexity index is 1340. The molecule has 0 aliphatic heterocycles. The van der Waals surface area contributed by atoms with Crippen LogP contribution in [0.25, 0.3) is 5.69 Å². The van der Waals surface area contributed by atoms with Crippen molar-refractivity contribution in [1.29, 1.82) is 0 Å². The molecule has 0 saturated carbocycles. The fraction of sp³-hybridized carbons (Fsp3) is 0.182. The number of hydrogen-bond donors (Lipinski definition) is 1. The van der Waals surface area contributed by atoms with Gasteiger partial charge in [0.05, 0.1) is 38.9 Å². The van der Waals surface area contributed by atoms with Crippen LogP contribution in [0.1, 0.15) is 17.0 Å². The van der Waals surface area contributed by atoms with Gasteiger partial charge in [0, 0.05) is 17.0 Å². The number of aromatic nitrogens is 1. The zero-order valence-electron chi connectivity index (χ0n) is 18.0.